The minimum atomic E-state index is -1.78. The number of likely N-dealkylation sites (tertiary alicyclic amines) is 2. The van der Waals surface area contributed by atoms with Gasteiger partial charge in [-0.05, 0) is 130 Å². The van der Waals surface area contributed by atoms with Crippen LogP contribution in [-0.2, 0) is 86.5 Å². The van der Waals surface area contributed by atoms with Crippen LogP contribution in [0.25, 0.3) is 10.8 Å². The summed E-state index contributed by atoms with van der Waals surface area (Å²) in [5.41, 5.74) is 19.4. The van der Waals surface area contributed by atoms with Crippen LogP contribution < -0.4 is 81.0 Å². The van der Waals surface area contributed by atoms with E-state index in [1.807, 2.05) is 73.7 Å². The number of carboxylic acid groups (broad SMARTS) is 1. The van der Waals surface area contributed by atoms with Crippen molar-refractivity contribution in [1.82, 2.24) is 88.5 Å². The highest BCUT2D eigenvalue weighted by atomic mass is 16.4. The van der Waals surface area contributed by atoms with E-state index in [-0.39, 0.29) is 146 Å². The molecular weight excluding hydrogens is 1530 g/mol. The zero-order valence-corrected chi connectivity index (χ0v) is 67.3. The lowest BCUT2D eigenvalue weighted by atomic mass is 9.84. The van der Waals surface area contributed by atoms with Crippen molar-refractivity contribution >= 4 is 105 Å². The number of carboxylic acids is 1. The fourth-order valence-electron chi connectivity index (χ4n) is 15.5. The van der Waals surface area contributed by atoms with Gasteiger partial charge in [0, 0.05) is 69.8 Å². The number of hydrogen-bond donors (Lipinski definition) is 20. The molecule has 5 heterocycles. The normalized spacial score (nSPS) is 18.9. The molecule has 38 heteroatoms. The molecule has 118 heavy (non-hydrogen) atoms. The SMILES string of the molecule is CCCC[C@H](NC(=O)[C@@H]1CCCN1C(=O)CNC(=O)[C@H](CCCCN)NC(=O)[C@H](Cc1cnc[nH]1)NC(=O)[C@H](CO)NC(=O)[C@H](CC(C)C)NC(=O)[C@H](CCCNC(=N)N)NC(=O)[C@@H]1CCCN1C(=O)[C@H](CCCNC(=N)N)NC(=O)[C@@H]1CCC(=O)N1)C(=O)N[C@H](Cc1cccc2ccccc12)C(=O)N1Cc2ccccc2C(C)C1C(=O)O. The molecule has 0 saturated carbocycles. The molecule has 3 fully saturated rings. The van der Waals surface area contributed by atoms with Gasteiger partial charge in [-0.2, -0.15) is 0 Å². The fraction of sp³-hybridized carbons (Fsp3) is 0.562. The predicted molar refractivity (Wildman–Crippen MR) is 433 cm³/mol. The van der Waals surface area contributed by atoms with Crippen LogP contribution in [0.2, 0.25) is 0 Å². The van der Waals surface area contributed by atoms with Gasteiger partial charge in [-0.25, -0.2) is 9.78 Å². The second-order valence-electron chi connectivity index (χ2n) is 30.9. The van der Waals surface area contributed by atoms with E-state index in [4.69, 9.17) is 28.0 Å². The van der Waals surface area contributed by atoms with E-state index in [0.29, 0.717) is 49.8 Å². The van der Waals surface area contributed by atoms with E-state index in [1.54, 1.807) is 20.8 Å². The Bertz CT molecular complexity index is 4220. The molecule has 0 bridgehead atoms. The highest BCUT2D eigenvalue weighted by Crippen LogP contribution is 2.35. The van der Waals surface area contributed by atoms with Gasteiger partial charge in [0.15, 0.2) is 11.9 Å². The maximum atomic E-state index is 15.1. The Morgan fingerprint density at radius 3 is 1.75 bits per heavy atom. The molecule has 3 saturated heterocycles. The number of hydrogen-bond acceptors (Lipinski definition) is 19. The number of aliphatic carboxylic acids is 1. The summed E-state index contributed by atoms with van der Waals surface area (Å²) in [6.07, 6.45) is 5.94. The fourth-order valence-corrected chi connectivity index (χ4v) is 15.5. The van der Waals surface area contributed by atoms with Gasteiger partial charge in [0.1, 0.15) is 72.5 Å². The molecule has 3 aromatic carbocycles. The molecule has 4 aliphatic rings. The third-order valence-corrected chi connectivity index (χ3v) is 21.6. The number of aliphatic hydroxyl groups excluding tert-OH is 1. The van der Waals surface area contributed by atoms with Crippen molar-refractivity contribution in [1.29, 1.82) is 10.8 Å². The Labute approximate surface area is 684 Å². The number of carbonyl (C=O) groups excluding carboxylic acids is 13. The molecule has 0 aliphatic carbocycles. The molecule has 13 atom stereocenters. The number of carbonyl (C=O) groups is 14. The molecule has 1 aromatic heterocycles. The van der Waals surface area contributed by atoms with E-state index in [2.05, 4.69) is 73.8 Å². The van der Waals surface area contributed by atoms with Crippen LogP contribution in [0.5, 0.6) is 0 Å². The average Bonchev–Trinajstić information content (AvgIpc) is 0.932. The Morgan fingerprint density at radius 1 is 0.585 bits per heavy atom. The second kappa shape index (κ2) is 45.0. The van der Waals surface area contributed by atoms with E-state index < -0.39 is 168 Å². The Hall–Kier alpha value is -11.8. The standard InChI is InChI=1S/C80H116N22O16/c1-5-6-24-54(69(108)98-60(38-48-21-13-20-47-18-7-10-23-52(47)48)77(116)102-42-49-19-8-9-22-51(49)46(4)66(102)78(117)118)93-74(113)62-28-16-35-100(62)65(105)41-89-67(106)53(25-11-12-32-81)92-72(111)59(39-50-40-86-44-90-50)97-73(112)61(43-103)99-71(110)58(37-45(2)3)96-68(107)55(26-14-33-87-79(82)83)94-75(114)63-29-17-36-101(63)76(115)57(27-15-34-88-80(84)85)95-70(109)56-30-31-64(104)91-56/h7-10,13,18-23,40,44-46,53-63,66,103H,5-6,11-12,14-17,24-39,41-43,81H2,1-4H3,(H,86,90)(H,89,106)(H,91,104)(H,92,111)(H,93,113)(H,94,114)(H,95,109)(H,96,107)(H,97,112)(H,98,108)(H,99,110)(H,117,118)(H4,82,83,87)(H4,84,85,88)/t46?,53-,54-,55-,56-,57-,58-,59-,60+,61-,62-,63-,66?/m0/s1. The van der Waals surface area contributed by atoms with Crippen LogP contribution in [0.15, 0.2) is 79.3 Å². The lowest BCUT2D eigenvalue weighted by Crippen LogP contribution is -2.61. The van der Waals surface area contributed by atoms with Crippen molar-refractivity contribution in [3.63, 3.8) is 0 Å². The number of nitrogens with one attached hydrogen (secondary N) is 15. The van der Waals surface area contributed by atoms with Crippen molar-refractivity contribution in [2.75, 3.05) is 45.9 Å². The molecule has 8 rings (SSSR count). The molecule has 642 valence electrons. The third-order valence-electron chi connectivity index (χ3n) is 21.6. The number of imidazole rings is 1. The number of amides is 13. The first-order chi connectivity index (χ1) is 56.5. The summed E-state index contributed by atoms with van der Waals surface area (Å²) in [6.45, 7) is 6.05. The highest BCUT2D eigenvalue weighted by Gasteiger charge is 2.45. The highest BCUT2D eigenvalue weighted by molar-refractivity contribution is 6.01. The van der Waals surface area contributed by atoms with E-state index in [0.717, 1.165) is 21.9 Å². The van der Waals surface area contributed by atoms with Crippen molar-refractivity contribution in [2.45, 2.75) is 235 Å². The van der Waals surface area contributed by atoms with Gasteiger partial charge in [-0.1, -0.05) is 107 Å². The number of guanidine groups is 2. The number of aromatic nitrogens is 2. The third kappa shape index (κ3) is 26.1. The van der Waals surface area contributed by atoms with Crippen LogP contribution >= 0.6 is 0 Å². The first-order valence-corrected chi connectivity index (χ1v) is 40.6. The van der Waals surface area contributed by atoms with E-state index in [9.17, 15) is 72.5 Å². The number of aromatic amines is 1. The van der Waals surface area contributed by atoms with Crippen molar-refractivity contribution in [3.05, 3.63) is 102 Å². The summed E-state index contributed by atoms with van der Waals surface area (Å²) >= 11 is 0. The number of benzene rings is 3. The molecule has 4 aliphatic heterocycles. The first-order valence-electron chi connectivity index (χ1n) is 40.6. The number of H-pyrrole nitrogens is 1. The van der Waals surface area contributed by atoms with Gasteiger partial charge in [-0.3, -0.25) is 73.1 Å². The topological polar surface area (TPSA) is 588 Å². The maximum absolute atomic E-state index is 15.1. The van der Waals surface area contributed by atoms with Crippen LogP contribution in [0.3, 0.4) is 0 Å². The molecule has 23 N–H and O–H groups in total. The van der Waals surface area contributed by atoms with Gasteiger partial charge in [0.25, 0.3) is 0 Å². The monoisotopic (exact) mass is 1640 g/mol. The number of aliphatic hydroxyl groups is 1. The Balaban J connectivity index is 0.918. The quantitative estimate of drug-likeness (QED) is 0.0130. The minimum absolute atomic E-state index is 0.0193. The van der Waals surface area contributed by atoms with Crippen LogP contribution in [0.1, 0.15) is 165 Å². The maximum Gasteiger partial charge on any atom is 0.327 e. The van der Waals surface area contributed by atoms with Gasteiger partial charge in [0.2, 0.25) is 76.8 Å². The van der Waals surface area contributed by atoms with E-state index in [1.165, 1.54) is 27.2 Å². The number of nitrogens with two attached hydrogens (primary N) is 3. The zero-order valence-electron chi connectivity index (χ0n) is 67.3. The van der Waals surface area contributed by atoms with Gasteiger partial charge >= 0.3 is 5.97 Å². The number of nitrogens with zero attached hydrogens (tertiary/aromatic N) is 4. The lowest BCUT2D eigenvalue weighted by molar-refractivity contribution is -0.154. The Kier molecular flexibility index (Phi) is 35.0. The summed E-state index contributed by atoms with van der Waals surface area (Å²) in [5.74, 6) is -12.4. The summed E-state index contributed by atoms with van der Waals surface area (Å²) in [7, 11) is 0. The summed E-state index contributed by atoms with van der Waals surface area (Å²) in [4.78, 5) is 209. The van der Waals surface area contributed by atoms with Crippen molar-refractivity contribution in [3.8, 4) is 0 Å². The summed E-state index contributed by atoms with van der Waals surface area (Å²) < 4.78 is 0. The molecular formula is C80H116N22O16. The largest absolute Gasteiger partial charge is 0.480 e. The zero-order chi connectivity index (χ0) is 85.7. The second-order valence-corrected chi connectivity index (χ2v) is 30.9. The summed E-state index contributed by atoms with van der Waals surface area (Å²) in [6, 6.07) is 4.77. The molecule has 13 amide bonds. The smallest absolute Gasteiger partial charge is 0.327 e. The average molecular weight is 1640 g/mol. The van der Waals surface area contributed by atoms with Crippen LogP contribution in [0, 0.1) is 16.7 Å². The van der Waals surface area contributed by atoms with Gasteiger partial charge < -0.3 is 111 Å². The predicted octanol–water partition coefficient (Wildman–Crippen LogP) is -1.91. The molecule has 4 aromatic rings. The lowest BCUT2D eigenvalue weighted by Gasteiger charge is -2.40. The first kappa shape index (κ1) is 91.7. The number of unbranched alkanes of at least 4 members (excludes halogenated alkanes) is 2. The van der Waals surface area contributed by atoms with Crippen LogP contribution in [-0.4, -0.2) is 248 Å². The number of rotatable bonds is 44. The van der Waals surface area contributed by atoms with Crippen molar-refractivity contribution < 1.29 is 77.3 Å². The molecule has 2 unspecified atom stereocenters. The van der Waals surface area contributed by atoms with E-state index >= 15 is 4.79 Å². The molecule has 0 spiro atoms. The molecule has 0 radical (unpaired) electrons. The van der Waals surface area contributed by atoms with Crippen molar-refractivity contribution in [2.24, 2.45) is 23.1 Å². The Morgan fingerprint density at radius 2 is 1.13 bits per heavy atom. The number of fused-ring (bicyclic) bond motifs is 2. The minimum Gasteiger partial charge on any atom is -0.480 e. The van der Waals surface area contributed by atoms with Gasteiger partial charge in [0.05, 0.1) is 19.5 Å². The van der Waals surface area contributed by atoms with Crippen LogP contribution in [0.4, 0.5) is 0 Å². The molecule has 38 nitrogen and oxygen atoms in total. The van der Waals surface area contributed by atoms with Gasteiger partial charge in [-0.15, -0.1) is 0 Å². The summed E-state index contributed by atoms with van der Waals surface area (Å²) in [5, 5.41) is 70.4.